The summed E-state index contributed by atoms with van der Waals surface area (Å²) in [5.74, 6) is 0.198. The molecule has 0 unspecified atom stereocenters. The van der Waals surface area contributed by atoms with Crippen molar-refractivity contribution in [3.8, 4) is 28.5 Å². The average molecular weight is 327 g/mol. The van der Waals surface area contributed by atoms with Gasteiger partial charge in [-0.25, -0.2) is 4.98 Å². The number of nitriles is 1. The Morgan fingerprint density at radius 3 is 2.08 bits per heavy atom. The van der Waals surface area contributed by atoms with Crippen molar-refractivity contribution in [3.05, 3.63) is 72.3 Å². The summed E-state index contributed by atoms with van der Waals surface area (Å²) in [6, 6.07) is 23.5. The first kappa shape index (κ1) is 16.4. The Kier molecular flexibility index (Phi) is 4.58. The van der Waals surface area contributed by atoms with E-state index in [9.17, 15) is 10.1 Å². The highest BCUT2D eigenvalue weighted by Crippen LogP contribution is 2.33. The smallest absolute Gasteiger partial charge is 0.224 e. The lowest BCUT2D eigenvalue weighted by Crippen LogP contribution is -2.25. The van der Waals surface area contributed by atoms with Gasteiger partial charge in [-0.3, -0.25) is 9.69 Å². The summed E-state index contributed by atoms with van der Waals surface area (Å²) >= 11 is 0. The number of hydrogen-bond donors (Lipinski definition) is 0. The lowest BCUT2D eigenvalue weighted by molar-refractivity contribution is -0.116. The molecule has 25 heavy (non-hydrogen) atoms. The van der Waals surface area contributed by atoms with Crippen molar-refractivity contribution in [2.75, 3.05) is 11.9 Å². The lowest BCUT2D eigenvalue weighted by Gasteiger charge is -2.19. The van der Waals surface area contributed by atoms with Gasteiger partial charge in [-0.2, -0.15) is 5.26 Å². The molecule has 4 heteroatoms. The fraction of sp³-hybridized carbons (Fsp3) is 0.0952. The number of aromatic nitrogens is 1. The quantitative estimate of drug-likeness (QED) is 0.722. The number of carbonyl (C=O) groups is 1. The van der Waals surface area contributed by atoms with Gasteiger partial charge in [0.2, 0.25) is 5.91 Å². The molecule has 2 aromatic carbocycles. The maximum atomic E-state index is 11.9. The van der Waals surface area contributed by atoms with E-state index in [0.717, 1.165) is 22.4 Å². The minimum Gasteiger partial charge on any atom is -0.299 e. The molecule has 3 aromatic rings. The van der Waals surface area contributed by atoms with Gasteiger partial charge >= 0.3 is 0 Å². The predicted molar refractivity (Wildman–Crippen MR) is 98.9 cm³/mol. The van der Waals surface area contributed by atoms with Crippen LogP contribution in [-0.4, -0.2) is 17.9 Å². The second-order valence-electron chi connectivity index (χ2n) is 5.68. The Labute approximate surface area is 147 Å². The molecule has 1 aromatic heterocycles. The molecule has 0 fully saturated rings. The molecule has 0 saturated carbocycles. The Morgan fingerprint density at radius 1 is 1.00 bits per heavy atom. The third kappa shape index (κ3) is 3.26. The van der Waals surface area contributed by atoms with E-state index in [1.54, 1.807) is 7.05 Å². The highest BCUT2D eigenvalue weighted by Gasteiger charge is 2.19. The summed E-state index contributed by atoms with van der Waals surface area (Å²) in [6.07, 6.45) is 0. The van der Waals surface area contributed by atoms with E-state index < -0.39 is 0 Å². The number of carbonyl (C=O) groups excluding carboxylic acids is 1. The fourth-order valence-electron chi connectivity index (χ4n) is 2.64. The van der Waals surface area contributed by atoms with Gasteiger partial charge in [0.05, 0.1) is 5.69 Å². The Hall–Kier alpha value is -3.45. The summed E-state index contributed by atoms with van der Waals surface area (Å²) in [5, 5.41) is 9.72. The molecule has 0 aliphatic rings. The van der Waals surface area contributed by atoms with E-state index in [1.165, 1.54) is 11.8 Å². The second kappa shape index (κ2) is 6.98. The lowest BCUT2D eigenvalue weighted by atomic mass is 9.98. The van der Waals surface area contributed by atoms with Crippen LogP contribution in [-0.2, 0) is 4.79 Å². The molecule has 0 radical (unpaired) electrons. The average Bonchev–Trinajstić information content (AvgIpc) is 2.67. The van der Waals surface area contributed by atoms with Gasteiger partial charge in [-0.15, -0.1) is 0 Å². The highest BCUT2D eigenvalue weighted by molar-refractivity contribution is 5.94. The van der Waals surface area contributed by atoms with E-state index in [2.05, 4.69) is 11.1 Å². The van der Waals surface area contributed by atoms with Crippen LogP contribution in [0.25, 0.3) is 22.4 Å². The van der Waals surface area contributed by atoms with E-state index in [0.29, 0.717) is 11.4 Å². The summed E-state index contributed by atoms with van der Waals surface area (Å²) in [4.78, 5) is 17.9. The van der Waals surface area contributed by atoms with E-state index in [-0.39, 0.29) is 5.91 Å². The van der Waals surface area contributed by atoms with E-state index >= 15 is 0 Å². The normalized spacial score (nSPS) is 10.1. The Morgan fingerprint density at radius 2 is 1.56 bits per heavy atom. The number of rotatable bonds is 3. The number of pyridine rings is 1. The third-order valence-electron chi connectivity index (χ3n) is 4.06. The summed E-state index contributed by atoms with van der Waals surface area (Å²) in [7, 11) is 1.63. The van der Waals surface area contributed by atoms with Crippen molar-refractivity contribution in [2.24, 2.45) is 0 Å². The first-order valence-corrected chi connectivity index (χ1v) is 7.92. The van der Waals surface area contributed by atoms with Crippen molar-refractivity contribution in [1.29, 1.82) is 5.26 Å². The SMILES string of the molecule is CC(=O)N(C)c1nc(-c2ccccc2)cc(-c2ccccc2)c1C#N. The van der Waals surface area contributed by atoms with Gasteiger partial charge in [0, 0.05) is 25.1 Å². The van der Waals surface area contributed by atoms with Crippen molar-refractivity contribution in [1.82, 2.24) is 4.98 Å². The maximum absolute atomic E-state index is 11.9. The zero-order valence-electron chi connectivity index (χ0n) is 14.1. The van der Waals surface area contributed by atoms with E-state index in [1.807, 2.05) is 66.7 Å². The molecular formula is C21H17N3O. The summed E-state index contributed by atoms with van der Waals surface area (Å²) in [5.41, 5.74) is 3.73. The third-order valence-corrected chi connectivity index (χ3v) is 4.06. The van der Waals surface area contributed by atoms with Crippen molar-refractivity contribution in [2.45, 2.75) is 6.92 Å². The van der Waals surface area contributed by atoms with Crippen LogP contribution in [0, 0.1) is 11.3 Å². The minimum absolute atomic E-state index is 0.173. The standard InChI is InChI=1S/C21H17N3O/c1-15(25)24(2)21-19(14-22)18(16-9-5-3-6-10-16)13-20(23-21)17-11-7-4-8-12-17/h3-13H,1-2H3. The van der Waals surface area contributed by atoms with Gasteiger partial charge in [0.25, 0.3) is 0 Å². The van der Waals surface area contributed by atoms with Crippen LogP contribution in [0.15, 0.2) is 66.7 Å². The van der Waals surface area contributed by atoms with Crippen LogP contribution >= 0.6 is 0 Å². The fourth-order valence-corrected chi connectivity index (χ4v) is 2.64. The molecule has 0 aliphatic carbocycles. The topological polar surface area (TPSA) is 57.0 Å². The van der Waals surface area contributed by atoms with Crippen LogP contribution in [0.5, 0.6) is 0 Å². The summed E-state index contributed by atoms with van der Waals surface area (Å²) < 4.78 is 0. The van der Waals surface area contributed by atoms with Crippen molar-refractivity contribution in [3.63, 3.8) is 0 Å². The molecule has 1 amide bonds. The Balaban J connectivity index is 2.31. The minimum atomic E-state index is -0.173. The molecule has 0 bridgehead atoms. The predicted octanol–water partition coefficient (Wildman–Crippen LogP) is 4.27. The molecule has 0 N–H and O–H groups in total. The van der Waals surface area contributed by atoms with Crippen LogP contribution in [0.4, 0.5) is 5.82 Å². The molecule has 0 saturated heterocycles. The first-order valence-electron chi connectivity index (χ1n) is 7.92. The molecule has 122 valence electrons. The molecule has 1 heterocycles. The number of anilines is 1. The number of nitrogens with zero attached hydrogens (tertiary/aromatic N) is 3. The molecule has 4 nitrogen and oxygen atoms in total. The molecule has 0 spiro atoms. The van der Waals surface area contributed by atoms with Gasteiger partial charge in [0.1, 0.15) is 11.6 Å². The van der Waals surface area contributed by atoms with Gasteiger partial charge in [0.15, 0.2) is 5.82 Å². The monoisotopic (exact) mass is 327 g/mol. The first-order chi connectivity index (χ1) is 12.1. The zero-order chi connectivity index (χ0) is 17.8. The second-order valence-corrected chi connectivity index (χ2v) is 5.68. The van der Waals surface area contributed by atoms with Crippen molar-refractivity contribution < 1.29 is 4.79 Å². The molecule has 0 aliphatic heterocycles. The largest absolute Gasteiger partial charge is 0.299 e. The number of benzene rings is 2. The molecule has 3 rings (SSSR count). The van der Waals surface area contributed by atoms with Gasteiger partial charge in [-0.05, 0) is 11.6 Å². The molecular weight excluding hydrogens is 310 g/mol. The number of hydrogen-bond acceptors (Lipinski definition) is 3. The van der Waals surface area contributed by atoms with Gasteiger partial charge in [-0.1, -0.05) is 60.7 Å². The molecule has 0 atom stereocenters. The van der Waals surface area contributed by atoms with Crippen LogP contribution in [0.1, 0.15) is 12.5 Å². The van der Waals surface area contributed by atoms with Crippen LogP contribution in [0.3, 0.4) is 0 Å². The number of amides is 1. The summed E-state index contributed by atoms with van der Waals surface area (Å²) in [6.45, 7) is 1.46. The van der Waals surface area contributed by atoms with E-state index in [4.69, 9.17) is 0 Å². The Bertz CT molecular complexity index is 944. The maximum Gasteiger partial charge on any atom is 0.224 e. The van der Waals surface area contributed by atoms with Crippen LogP contribution < -0.4 is 4.90 Å². The zero-order valence-corrected chi connectivity index (χ0v) is 14.1. The van der Waals surface area contributed by atoms with Crippen LogP contribution in [0.2, 0.25) is 0 Å². The van der Waals surface area contributed by atoms with Crippen molar-refractivity contribution >= 4 is 11.7 Å². The van der Waals surface area contributed by atoms with Gasteiger partial charge < -0.3 is 0 Å². The highest BCUT2D eigenvalue weighted by atomic mass is 16.2.